The third-order valence-electron chi connectivity index (χ3n) is 4.56. The standard InChI is InChI=1S/C22H26Cl2N2O5/c1-5-25-22(28)14(2)26(12-15-6-7-16(23)8-20(15)24)21(27)13-31-19-10-17(29-3)9-18(11-19)30-4/h6-11,14H,5,12-13H2,1-4H3,(H,25,28). The van der Waals surface area contributed by atoms with Crippen molar-refractivity contribution in [1.29, 1.82) is 0 Å². The Balaban J connectivity index is 2.22. The van der Waals surface area contributed by atoms with E-state index in [1.54, 1.807) is 43.3 Å². The molecule has 0 aliphatic heterocycles. The van der Waals surface area contributed by atoms with Crippen LogP contribution in [0.15, 0.2) is 36.4 Å². The van der Waals surface area contributed by atoms with Crippen molar-refractivity contribution >= 4 is 35.0 Å². The minimum Gasteiger partial charge on any atom is -0.496 e. The summed E-state index contributed by atoms with van der Waals surface area (Å²) in [5, 5.41) is 3.63. The summed E-state index contributed by atoms with van der Waals surface area (Å²) in [6, 6.07) is 9.25. The summed E-state index contributed by atoms with van der Waals surface area (Å²) in [6.45, 7) is 3.75. The summed E-state index contributed by atoms with van der Waals surface area (Å²) in [6.07, 6.45) is 0. The monoisotopic (exact) mass is 468 g/mol. The van der Waals surface area contributed by atoms with Crippen LogP contribution in [-0.2, 0) is 16.1 Å². The van der Waals surface area contributed by atoms with Crippen molar-refractivity contribution in [2.24, 2.45) is 0 Å². The Morgan fingerprint density at radius 1 is 1.03 bits per heavy atom. The molecule has 7 nitrogen and oxygen atoms in total. The highest BCUT2D eigenvalue weighted by molar-refractivity contribution is 6.35. The number of hydrogen-bond donors (Lipinski definition) is 1. The van der Waals surface area contributed by atoms with Gasteiger partial charge >= 0.3 is 0 Å². The molecule has 0 radical (unpaired) electrons. The van der Waals surface area contributed by atoms with Crippen molar-refractivity contribution < 1.29 is 23.8 Å². The van der Waals surface area contributed by atoms with Crippen LogP contribution in [0.25, 0.3) is 0 Å². The summed E-state index contributed by atoms with van der Waals surface area (Å²) in [5.41, 5.74) is 0.665. The van der Waals surface area contributed by atoms with Crippen LogP contribution in [-0.4, -0.2) is 50.1 Å². The molecule has 0 fully saturated rings. The smallest absolute Gasteiger partial charge is 0.261 e. The first kappa shape index (κ1) is 24.6. The summed E-state index contributed by atoms with van der Waals surface area (Å²) >= 11 is 12.2. The van der Waals surface area contributed by atoms with Gasteiger partial charge in [-0.3, -0.25) is 9.59 Å². The average Bonchev–Trinajstić information content (AvgIpc) is 2.76. The van der Waals surface area contributed by atoms with Gasteiger partial charge in [0, 0.05) is 41.3 Å². The zero-order chi connectivity index (χ0) is 23.0. The van der Waals surface area contributed by atoms with Crippen molar-refractivity contribution in [3.05, 3.63) is 52.0 Å². The number of methoxy groups -OCH3 is 2. The number of benzene rings is 2. The molecule has 1 atom stereocenters. The molecule has 0 aliphatic carbocycles. The maximum atomic E-state index is 13.0. The third-order valence-corrected chi connectivity index (χ3v) is 5.15. The van der Waals surface area contributed by atoms with Crippen LogP contribution >= 0.6 is 23.2 Å². The molecular formula is C22H26Cl2N2O5. The van der Waals surface area contributed by atoms with Crippen LogP contribution in [0.3, 0.4) is 0 Å². The largest absolute Gasteiger partial charge is 0.496 e. The maximum absolute atomic E-state index is 13.0. The zero-order valence-corrected chi connectivity index (χ0v) is 19.4. The number of nitrogens with zero attached hydrogens (tertiary/aromatic N) is 1. The van der Waals surface area contributed by atoms with Gasteiger partial charge in [-0.05, 0) is 31.5 Å². The fourth-order valence-electron chi connectivity index (χ4n) is 2.83. The number of rotatable bonds is 10. The Kier molecular flexibility index (Phi) is 9.27. The van der Waals surface area contributed by atoms with Gasteiger partial charge in [0.15, 0.2) is 6.61 Å². The minimum atomic E-state index is -0.734. The molecule has 0 aliphatic rings. The molecule has 2 amide bonds. The van der Waals surface area contributed by atoms with Gasteiger partial charge < -0.3 is 24.4 Å². The number of hydrogen-bond acceptors (Lipinski definition) is 5. The average molecular weight is 469 g/mol. The molecule has 1 N–H and O–H groups in total. The van der Waals surface area contributed by atoms with Gasteiger partial charge in [-0.15, -0.1) is 0 Å². The van der Waals surface area contributed by atoms with Gasteiger partial charge in [0.1, 0.15) is 23.3 Å². The van der Waals surface area contributed by atoms with Crippen LogP contribution in [0.2, 0.25) is 10.0 Å². The van der Waals surface area contributed by atoms with E-state index >= 15 is 0 Å². The number of likely N-dealkylation sites (N-methyl/N-ethyl adjacent to an activating group) is 1. The van der Waals surface area contributed by atoms with E-state index < -0.39 is 6.04 Å². The summed E-state index contributed by atoms with van der Waals surface area (Å²) < 4.78 is 16.1. The Labute approximate surface area is 192 Å². The molecule has 2 aromatic carbocycles. The molecular weight excluding hydrogens is 443 g/mol. The second-order valence-electron chi connectivity index (χ2n) is 6.66. The van der Waals surface area contributed by atoms with E-state index in [0.29, 0.717) is 39.4 Å². The van der Waals surface area contributed by atoms with Crippen LogP contribution in [0.5, 0.6) is 17.2 Å². The molecule has 0 saturated carbocycles. The quantitative estimate of drug-likeness (QED) is 0.571. The van der Waals surface area contributed by atoms with E-state index in [4.69, 9.17) is 37.4 Å². The molecule has 0 spiro atoms. The zero-order valence-electron chi connectivity index (χ0n) is 17.9. The topological polar surface area (TPSA) is 77.1 Å². The number of carbonyl (C=O) groups is 2. The molecule has 2 rings (SSSR count). The van der Waals surface area contributed by atoms with Crippen LogP contribution in [0, 0.1) is 0 Å². The Morgan fingerprint density at radius 2 is 1.65 bits per heavy atom. The van der Waals surface area contributed by atoms with Crippen molar-refractivity contribution in [3.63, 3.8) is 0 Å². The number of amides is 2. The summed E-state index contributed by atoms with van der Waals surface area (Å²) in [5.74, 6) is 0.805. The van der Waals surface area contributed by atoms with E-state index in [9.17, 15) is 9.59 Å². The minimum absolute atomic E-state index is 0.123. The molecule has 31 heavy (non-hydrogen) atoms. The Morgan fingerprint density at radius 3 is 2.19 bits per heavy atom. The van der Waals surface area contributed by atoms with Crippen molar-refractivity contribution in [2.45, 2.75) is 26.4 Å². The van der Waals surface area contributed by atoms with Gasteiger partial charge in [-0.1, -0.05) is 29.3 Å². The maximum Gasteiger partial charge on any atom is 0.261 e. The molecule has 0 aromatic heterocycles. The van der Waals surface area contributed by atoms with E-state index in [1.165, 1.54) is 19.1 Å². The van der Waals surface area contributed by atoms with Gasteiger partial charge in [0.05, 0.1) is 14.2 Å². The van der Waals surface area contributed by atoms with Crippen LogP contribution in [0.4, 0.5) is 0 Å². The molecule has 0 bridgehead atoms. The number of halogens is 2. The molecule has 0 heterocycles. The van der Waals surface area contributed by atoms with E-state index in [-0.39, 0.29) is 25.0 Å². The fourth-order valence-corrected chi connectivity index (χ4v) is 3.30. The van der Waals surface area contributed by atoms with Crippen LogP contribution < -0.4 is 19.5 Å². The summed E-state index contributed by atoms with van der Waals surface area (Å²) in [7, 11) is 3.05. The molecule has 2 aromatic rings. The molecule has 1 unspecified atom stereocenters. The first-order chi connectivity index (χ1) is 14.8. The second-order valence-corrected chi connectivity index (χ2v) is 7.51. The van der Waals surface area contributed by atoms with E-state index in [0.717, 1.165) is 0 Å². The Bertz CT molecular complexity index is 901. The highest BCUT2D eigenvalue weighted by atomic mass is 35.5. The normalized spacial score (nSPS) is 11.4. The van der Waals surface area contributed by atoms with Gasteiger partial charge in [-0.2, -0.15) is 0 Å². The highest BCUT2D eigenvalue weighted by Gasteiger charge is 2.27. The van der Waals surface area contributed by atoms with Crippen molar-refractivity contribution in [3.8, 4) is 17.2 Å². The molecule has 168 valence electrons. The fraction of sp³-hybridized carbons (Fsp3) is 0.364. The summed E-state index contributed by atoms with van der Waals surface area (Å²) in [4.78, 5) is 26.9. The van der Waals surface area contributed by atoms with Crippen molar-refractivity contribution in [1.82, 2.24) is 10.2 Å². The lowest BCUT2D eigenvalue weighted by Gasteiger charge is -2.29. The second kappa shape index (κ2) is 11.7. The van der Waals surface area contributed by atoms with Gasteiger partial charge in [-0.25, -0.2) is 0 Å². The van der Waals surface area contributed by atoms with Crippen molar-refractivity contribution in [2.75, 3.05) is 27.4 Å². The Hall–Kier alpha value is -2.64. The molecule has 0 saturated heterocycles. The SMILES string of the molecule is CCNC(=O)C(C)N(Cc1ccc(Cl)cc1Cl)C(=O)COc1cc(OC)cc(OC)c1. The van der Waals surface area contributed by atoms with Gasteiger partial charge in [0.2, 0.25) is 5.91 Å². The highest BCUT2D eigenvalue weighted by Crippen LogP contribution is 2.28. The molecule has 9 heteroatoms. The lowest BCUT2D eigenvalue weighted by Crippen LogP contribution is -2.49. The van der Waals surface area contributed by atoms with Crippen LogP contribution in [0.1, 0.15) is 19.4 Å². The number of carbonyl (C=O) groups excluding carboxylic acids is 2. The predicted octanol–water partition coefficient (Wildman–Crippen LogP) is 3.94. The first-order valence-corrected chi connectivity index (χ1v) is 10.4. The van der Waals surface area contributed by atoms with Gasteiger partial charge in [0.25, 0.3) is 5.91 Å². The number of ether oxygens (including phenoxy) is 3. The predicted molar refractivity (Wildman–Crippen MR) is 120 cm³/mol. The number of nitrogens with one attached hydrogen (secondary N) is 1. The third kappa shape index (κ3) is 6.94. The first-order valence-electron chi connectivity index (χ1n) is 9.66. The lowest BCUT2D eigenvalue weighted by molar-refractivity contribution is -0.142. The lowest BCUT2D eigenvalue weighted by atomic mass is 10.1. The van der Waals surface area contributed by atoms with E-state index in [1.807, 2.05) is 6.92 Å². The van der Waals surface area contributed by atoms with E-state index in [2.05, 4.69) is 5.32 Å².